The van der Waals surface area contributed by atoms with Crippen molar-refractivity contribution in [3.05, 3.63) is 35.1 Å². The molecule has 1 aliphatic heterocycles. The first kappa shape index (κ1) is 20.0. The van der Waals surface area contributed by atoms with E-state index >= 15 is 0 Å². The molecule has 0 aliphatic carbocycles. The first-order valence-electron chi connectivity index (χ1n) is 6.49. The Morgan fingerprint density at radius 1 is 1.00 bits per heavy atom. The van der Waals surface area contributed by atoms with Crippen LogP contribution in [0.4, 0.5) is 30.7 Å². The summed E-state index contributed by atoms with van der Waals surface area (Å²) >= 11 is 0. The molecule has 0 aromatic heterocycles. The van der Waals surface area contributed by atoms with Crippen molar-refractivity contribution < 1.29 is 30.7 Å². The lowest BCUT2D eigenvalue weighted by Crippen LogP contribution is -2.49. The van der Waals surface area contributed by atoms with Crippen LogP contribution in [0.1, 0.15) is 17.2 Å². The van der Waals surface area contributed by atoms with Crippen LogP contribution >= 0.6 is 12.4 Å². The summed E-state index contributed by atoms with van der Waals surface area (Å²) in [6.45, 7) is 0.700. The van der Waals surface area contributed by atoms with E-state index in [0.717, 1.165) is 11.0 Å². The first-order chi connectivity index (χ1) is 10.1. The van der Waals surface area contributed by atoms with Crippen LogP contribution in [0.25, 0.3) is 0 Å². The van der Waals surface area contributed by atoms with Gasteiger partial charge in [-0.2, -0.15) is 26.3 Å². The lowest BCUT2D eigenvalue weighted by atomic mass is 10.0. The van der Waals surface area contributed by atoms with Crippen LogP contribution in [-0.4, -0.2) is 37.3 Å². The molecule has 2 rings (SSSR count). The number of nitrogens with zero attached hydrogens (tertiary/aromatic N) is 1. The van der Waals surface area contributed by atoms with E-state index in [2.05, 4.69) is 5.32 Å². The van der Waals surface area contributed by atoms with Crippen molar-refractivity contribution in [3.63, 3.8) is 0 Å². The Hall–Kier alpha value is -1.06. The van der Waals surface area contributed by atoms with Crippen molar-refractivity contribution in [3.8, 4) is 0 Å². The van der Waals surface area contributed by atoms with E-state index in [4.69, 9.17) is 0 Å². The number of piperazine rings is 1. The second kappa shape index (κ2) is 7.23. The monoisotopic (exact) mass is 366 g/mol. The Bertz CT molecular complexity index is 524. The smallest absolute Gasteiger partial charge is 0.314 e. The number of nitrogens with one attached hydrogen (secondary N) is 1. The molecule has 1 aliphatic rings. The fourth-order valence-electron chi connectivity index (χ4n) is 2.48. The maximum absolute atomic E-state index is 13.3. The Morgan fingerprint density at radius 2 is 1.57 bits per heavy atom. The molecule has 10 heteroatoms. The predicted molar refractivity (Wildman–Crippen MR) is 71.9 cm³/mol. The minimum absolute atomic E-state index is 0. The maximum Gasteiger partial charge on any atom is 0.419 e. The third-order valence-corrected chi connectivity index (χ3v) is 3.44. The van der Waals surface area contributed by atoms with E-state index < -0.39 is 35.3 Å². The average Bonchev–Trinajstić information content (AvgIpc) is 2.39. The molecule has 132 valence electrons. The van der Waals surface area contributed by atoms with Crippen molar-refractivity contribution in [2.45, 2.75) is 18.4 Å². The van der Waals surface area contributed by atoms with Crippen molar-refractivity contribution in [2.24, 2.45) is 0 Å². The highest BCUT2D eigenvalue weighted by molar-refractivity contribution is 5.85. The molecule has 0 unspecified atom stereocenters. The van der Waals surface area contributed by atoms with Gasteiger partial charge in [0.1, 0.15) is 11.9 Å². The number of hydrogen-bond acceptors (Lipinski definition) is 2. The molecule has 23 heavy (non-hydrogen) atoms. The van der Waals surface area contributed by atoms with Gasteiger partial charge >= 0.3 is 12.4 Å². The summed E-state index contributed by atoms with van der Waals surface area (Å²) in [5, 5.41) is 2.87. The van der Waals surface area contributed by atoms with Crippen molar-refractivity contribution in [1.82, 2.24) is 10.2 Å². The van der Waals surface area contributed by atoms with Gasteiger partial charge in [0.05, 0.1) is 5.56 Å². The number of hydrogen-bond donors (Lipinski definition) is 1. The van der Waals surface area contributed by atoms with Crippen LogP contribution in [0.2, 0.25) is 0 Å². The molecule has 0 saturated carbocycles. The molecule has 1 aromatic rings. The quantitative estimate of drug-likeness (QED) is 0.802. The van der Waals surface area contributed by atoms with Crippen molar-refractivity contribution in [1.29, 1.82) is 0 Å². The highest BCUT2D eigenvalue weighted by Gasteiger charge is 2.46. The SMILES string of the molecule is Cl.Fc1ccc([C@@H](N2CCNCC2)C(F)(F)F)cc1C(F)(F)F. The standard InChI is InChI=1S/C13H13F7N2.ClH/c14-10-2-1-8(7-9(10)12(15,16)17)11(13(18,19)20)22-5-3-21-4-6-22;/h1-2,7,11,21H,3-6H2;1H/t11-;/m1./s1. The average molecular weight is 367 g/mol. The van der Waals surface area contributed by atoms with Gasteiger partial charge in [-0.15, -0.1) is 12.4 Å². The second-order valence-corrected chi connectivity index (χ2v) is 4.97. The minimum Gasteiger partial charge on any atom is -0.314 e. The number of benzene rings is 1. The van der Waals surface area contributed by atoms with Gasteiger partial charge in [-0.05, 0) is 17.7 Å². The number of halogens is 8. The normalized spacial score (nSPS) is 18.4. The van der Waals surface area contributed by atoms with Gasteiger partial charge in [0, 0.05) is 26.2 Å². The van der Waals surface area contributed by atoms with Gasteiger partial charge in [-0.1, -0.05) is 6.07 Å². The molecule has 0 bridgehead atoms. The Labute approximate surface area is 134 Å². The van der Waals surface area contributed by atoms with E-state index in [9.17, 15) is 30.7 Å². The van der Waals surface area contributed by atoms with Gasteiger partial charge in [0.15, 0.2) is 0 Å². The summed E-state index contributed by atoms with van der Waals surface area (Å²) in [4.78, 5) is 1.05. The van der Waals surface area contributed by atoms with Gasteiger partial charge in [-0.3, -0.25) is 4.90 Å². The lowest BCUT2D eigenvalue weighted by molar-refractivity contribution is -0.188. The molecule has 0 radical (unpaired) electrons. The number of rotatable bonds is 2. The minimum atomic E-state index is -5.04. The van der Waals surface area contributed by atoms with Crippen LogP contribution in [0.3, 0.4) is 0 Å². The summed E-state index contributed by atoms with van der Waals surface area (Å²) in [6, 6.07) is -0.754. The van der Waals surface area contributed by atoms with Gasteiger partial charge in [0.2, 0.25) is 0 Å². The summed E-state index contributed by atoms with van der Waals surface area (Å²) in [7, 11) is 0. The first-order valence-corrected chi connectivity index (χ1v) is 6.49. The zero-order chi connectivity index (χ0) is 16.5. The molecule has 0 spiro atoms. The highest BCUT2D eigenvalue weighted by Crippen LogP contribution is 2.40. The molecule has 1 N–H and O–H groups in total. The van der Waals surface area contributed by atoms with E-state index in [1.54, 1.807) is 0 Å². The largest absolute Gasteiger partial charge is 0.419 e. The predicted octanol–water partition coefficient (Wildman–Crippen LogP) is 3.77. The third-order valence-electron chi connectivity index (χ3n) is 3.44. The molecule has 1 aromatic carbocycles. The van der Waals surface area contributed by atoms with E-state index in [0.29, 0.717) is 19.2 Å². The van der Waals surface area contributed by atoms with E-state index in [1.807, 2.05) is 0 Å². The third kappa shape index (κ3) is 4.71. The van der Waals surface area contributed by atoms with Gasteiger partial charge < -0.3 is 5.32 Å². The molecule has 2 nitrogen and oxygen atoms in total. The second-order valence-electron chi connectivity index (χ2n) is 4.97. The Balaban J connectivity index is 0.00000264. The lowest BCUT2D eigenvalue weighted by Gasteiger charge is -2.36. The van der Waals surface area contributed by atoms with Crippen molar-refractivity contribution >= 4 is 12.4 Å². The van der Waals surface area contributed by atoms with Gasteiger partial charge in [0.25, 0.3) is 0 Å². The summed E-state index contributed by atoms with van der Waals surface area (Å²) in [6.07, 6.45) is -9.79. The molecule has 1 fully saturated rings. The summed E-state index contributed by atoms with van der Waals surface area (Å²) in [5.74, 6) is -1.59. The molecule has 1 heterocycles. The van der Waals surface area contributed by atoms with Crippen LogP contribution in [0.15, 0.2) is 18.2 Å². The molecule has 1 atom stereocenters. The molecule has 1 saturated heterocycles. The van der Waals surface area contributed by atoms with E-state index in [-0.39, 0.29) is 31.6 Å². The summed E-state index contributed by atoms with van der Waals surface area (Å²) < 4.78 is 91.1. The summed E-state index contributed by atoms with van der Waals surface area (Å²) in [5.41, 5.74) is -2.29. The highest BCUT2D eigenvalue weighted by atomic mass is 35.5. The zero-order valence-electron chi connectivity index (χ0n) is 11.6. The van der Waals surface area contributed by atoms with Crippen LogP contribution in [0, 0.1) is 5.82 Å². The van der Waals surface area contributed by atoms with Crippen molar-refractivity contribution in [2.75, 3.05) is 26.2 Å². The topological polar surface area (TPSA) is 15.3 Å². The van der Waals surface area contributed by atoms with Gasteiger partial charge in [-0.25, -0.2) is 4.39 Å². The van der Waals surface area contributed by atoms with Crippen LogP contribution < -0.4 is 5.32 Å². The fraction of sp³-hybridized carbons (Fsp3) is 0.538. The molecular formula is C13H14ClF7N2. The zero-order valence-corrected chi connectivity index (χ0v) is 12.5. The maximum atomic E-state index is 13.3. The van der Waals surface area contributed by atoms with Crippen LogP contribution in [-0.2, 0) is 6.18 Å². The molecular weight excluding hydrogens is 353 g/mol. The van der Waals surface area contributed by atoms with Crippen LogP contribution in [0.5, 0.6) is 0 Å². The Kier molecular flexibility index (Phi) is 6.28. The fourth-order valence-corrected chi connectivity index (χ4v) is 2.48. The Morgan fingerprint density at radius 3 is 2.04 bits per heavy atom. The number of alkyl halides is 6. The molecule has 0 amide bonds. The van der Waals surface area contributed by atoms with E-state index in [1.165, 1.54) is 0 Å².